The number of amides is 2. The molecule has 1 heterocycles. The monoisotopic (exact) mass is 296 g/mol. The highest BCUT2D eigenvalue weighted by Gasteiger charge is 2.34. The molecule has 6 heteroatoms. The van der Waals surface area contributed by atoms with Crippen LogP contribution in [0.5, 0.6) is 0 Å². The van der Waals surface area contributed by atoms with Gasteiger partial charge in [-0.2, -0.15) is 0 Å². The van der Waals surface area contributed by atoms with Crippen LogP contribution in [0.2, 0.25) is 0 Å². The SMILES string of the molecule is O=C(NCc1ccccc1)NCC1OB(O)c2ccccc21. The van der Waals surface area contributed by atoms with Crippen molar-refractivity contribution in [1.29, 1.82) is 0 Å². The molecule has 0 saturated heterocycles. The maximum absolute atomic E-state index is 11.8. The van der Waals surface area contributed by atoms with Gasteiger partial charge in [0.25, 0.3) is 0 Å². The summed E-state index contributed by atoms with van der Waals surface area (Å²) < 4.78 is 5.46. The summed E-state index contributed by atoms with van der Waals surface area (Å²) in [6.07, 6.45) is -0.325. The number of nitrogens with one attached hydrogen (secondary N) is 2. The summed E-state index contributed by atoms with van der Waals surface area (Å²) in [5.74, 6) is 0. The number of fused-ring (bicyclic) bond motifs is 1. The molecule has 112 valence electrons. The van der Waals surface area contributed by atoms with Crippen molar-refractivity contribution in [3.63, 3.8) is 0 Å². The third kappa shape index (κ3) is 3.29. The van der Waals surface area contributed by atoms with Crippen LogP contribution in [-0.2, 0) is 11.2 Å². The lowest BCUT2D eigenvalue weighted by Crippen LogP contribution is -2.37. The normalized spacial score (nSPS) is 16.2. The topological polar surface area (TPSA) is 70.6 Å². The molecule has 3 N–H and O–H groups in total. The molecule has 1 aliphatic heterocycles. The summed E-state index contributed by atoms with van der Waals surface area (Å²) in [6.45, 7) is 0.784. The molecule has 0 fully saturated rings. The van der Waals surface area contributed by atoms with Gasteiger partial charge in [0.05, 0.1) is 6.10 Å². The highest BCUT2D eigenvalue weighted by atomic mass is 16.5. The Morgan fingerprint density at radius 3 is 2.64 bits per heavy atom. The first kappa shape index (κ1) is 14.6. The van der Waals surface area contributed by atoms with Crippen molar-refractivity contribution in [3.05, 3.63) is 65.7 Å². The zero-order valence-corrected chi connectivity index (χ0v) is 12.0. The molecule has 5 nitrogen and oxygen atoms in total. The van der Waals surface area contributed by atoms with Crippen LogP contribution in [0.1, 0.15) is 17.2 Å². The molecule has 0 bridgehead atoms. The molecule has 1 atom stereocenters. The molecule has 0 aliphatic carbocycles. The molecule has 22 heavy (non-hydrogen) atoms. The van der Waals surface area contributed by atoms with Crippen molar-refractivity contribution >= 4 is 18.6 Å². The Bertz CT molecular complexity index is 651. The second kappa shape index (κ2) is 6.64. The van der Waals surface area contributed by atoms with E-state index in [-0.39, 0.29) is 12.1 Å². The molecule has 3 rings (SSSR count). The number of carbonyl (C=O) groups is 1. The third-order valence-electron chi connectivity index (χ3n) is 3.65. The second-order valence-electron chi connectivity index (χ2n) is 5.16. The molecular weight excluding hydrogens is 279 g/mol. The van der Waals surface area contributed by atoms with Crippen LogP contribution in [0, 0.1) is 0 Å². The lowest BCUT2D eigenvalue weighted by molar-refractivity contribution is 0.184. The maximum Gasteiger partial charge on any atom is 0.492 e. The van der Waals surface area contributed by atoms with Crippen molar-refractivity contribution < 1.29 is 14.5 Å². The molecule has 1 unspecified atom stereocenters. The van der Waals surface area contributed by atoms with Gasteiger partial charge in [-0.1, -0.05) is 54.6 Å². The molecule has 0 radical (unpaired) electrons. The largest absolute Gasteiger partial charge is 0.492 e. The Morgan fingerprint density at radius 1 is 1.09 bits per heavy atom. The van der Waals surface area contributed by atoms with Gasteiger partial charge in [0.2, 0.25) is 0 Å². The van der Waals surface area contributed by atoms with Crippen LogP contribution in [0.3, 0.4) is 0 Å². The summed E-state index contributed by atoms with van der Waals surface area (Å²) in [7, 11) is -0.921. The van der Waals surface area contributed by atoms with Crippen LogP contribution >= 0.6 is 0 Å². The van der Waals surface area contributed by atoms with Gasteiger partial charge < -0.3 is 20.3 Å². The zero-order valence-electron chi connectivity index (χ0n) is 12.0. The molecule has 2 aromatic carbocycles. The Kier molecular flexibility index (Phi) is 4.41. The predicted molar refractivity (Wildman–Crippen MR) is 84.6 cm³/mol. The smallest absolute Gasteiger partial charge is 0.423 e. The number of hydrogen-bond donors (Lipinski definition) is 3. The van der Waals surface area contributed by atoms with Crippen LogP contribution < -0.4 is 16.1 Å². The quantitative estimate of drug-likeness (QED) is 0.736. The van der Waals surface area contributed by atoms with Crippen LogP contribution in [-0.4, -0.2) is 24.7 Å². The van der Waals surface area contributed by atoms with E-state index in [0.717, 1.165) is 16.6 Å². The first-order valence-electron chi connectivity index (χ1n) is 7.22. The molecule has 2 amide bonds. The molecule has 0 aromatic heterocycles. The van der Waals surface area contributed by atoms with E-state index in [1.165, 1.54) is 0 Å². The van der Waals surface area contributed by atoms with E-state index in [1.54, 1.807) is 0 Å². The lowest BCUT2D eigenvalue weighted by Gasteiger charge is -2.14. The second-order valence-corrected chi connectivity index (χ2v) is 5.16. The summed E-state index contributed by atoms with van der Waals surface area (Å²) in [5, 5.41) is 15.4. The molecular formula is C16H17BN2O3. The lowest BCUT2D eigenvalue weighted by atomic mass is 9.79. The highest BCUT2D eigenvalue weighted by molar-refractivity contribution is 6.61. The summed E-state index contributed by atoms with van der Waals surface area (Å²) in [4.78, 5) is 11.8. The Hall–Kier alpha value is -2.31. The van der Waals surface area contributed by atoms with Crippen LogP contribution in [0.4, 0.5) is 4.79 Å². The van der Waals surface area contributed by atoms with Crippen molar-refractivity contribution in [2.45, 2.75) is 12.6 Å². The maximum atomic E-state index is 11.8. The van der Waals surface area contributed by atoms with Gasteiger partial charge in [-0.25, -0.2) is 4.79 Å². The first-order chi connectivity index (χ1) is 10.7. The van der Waals surface area contributed by atoms with E-state index in [1.807, 2.05) is 54.6 Å². The molecule has 0 saturated carbocycles. The number of urea groups is 1. The molecule has 1 aliphatic rings. The van der Waals surface area contributed by atoms with Gasteiger partial charge in [0.1, 0.15) is 0 Å². The van der Waals surface area contributed by atoms with Crippen molar-refractivity contribution in [1.82, 2.24) is 10.6 Å². The van der Waals surface area contributed by atoms with Crippen molar-refractivity contribution in [3.8, 4) is 0 Å². The van der Waals surface area contributed by atoms with Gasteiger partial charge >= 0.3 is 13.1 Å². The minimum absolute atomic E-state index is 0.258. The van der Waals surface area contributed by atoms with Gasteiger partial charge in [0.15, 0.2) is 0 Å². The van der Waals surface area contributed by atoms with Gasteiger partial charge in [0, 0.05) is 13.1 Å². The fraction of sp³-hybridized carbons (Fsp3) is 0.188. The van der Waals surface area contributed by atoms with Crippen molar-refractivity contribution in [2.24, 2.45) is 0 Å². The highest BCUT2D eigenvalue weighted by Crippen LogP contribution is 2.22. The summed E-state index contributed by atoms with van der Waals surface area (Å²) >= 11 is 0. The third-order valence-corrected chi connectivity index (χ3v) is 3.65. The Balaban J connectivity index is 1.50. The van der Waals surface area contributed by atoms with Gasteiger partial charge in [-0.05, 0) is 16.6 Å². The van der Waals surface area contributed by atoms with E-state index in [9.17, 15) is 9.82 Å². The fourth-order valence-corrected chi connectivity index (χ4v) is 2.52. The Morgan fingerprint density at radius 2 is 1.82 bits per heavy atom. The molecule has 0 spiro atoms. The van der Waals surface area contributed by atoms with Crippen molar-refractivity contribution in [2.75, 3.05) is 6.54 Å². The summed E-state index contributed by atoms with van der Waals surface area (Å²) in [6, 6.07) is 16.9. The first-order valence-corrected chi connectivity index (χ1v) is 7.22. The molecule has 2 aromatic rings. The van der Waals surface area contributed by atoms with Gasteiger partial charge in [-0.3, -0.25) is 0 Å². The number of rotatable bonds is 4. The van der Waals surface area contributed by atoms with Crippen LogP contribution in [0.25, 0.3) is 0 Å². The Labute approximate surface area is 129 Å². The van der Waals surface area contributed by atoms with Gasteiger partial charge in [-0.15, -0.1) is 0 Å². The average Bonchev–Trinajstić information content (AvgIpc) is 2.89. The standard InChI is InChI=1S/C16H17BN2O3/c20-16(18-10-12-6-2-1-3-7-12)19-11-15-13-8-4-5-9-14(13)17(21)22-15/h1-9,15,21H,10-11H2,(H2,18,19,20). The number of hydrogen-bond acceptors (Lipinski definition) is 3. The average molecular weight is 296 g/mol. The minimum Gasteiger partial charge on any atom is -0.423 e. The minimum atomic E-state index is -0.921. The van der Waals surface area contributed by atoms with E-state index >= 15 is 0 Å². The van der Waals surface area contributed by atoms with E-state index < -0.39 is 7.12 Å². The predicted octanol–water partition coefficient (Wildman–Crippen LogP) is 0.945. The van der Waals surface area contributed by atoms with E-state index in [0.29, 0.717) is 13.1 Å². The van der Waals surface area contributed by atoms with Crippen LogP contribution in [0.15, 0.2) is 54.6 Å². The number of carbonyl (C=O) groups excluding carboxylic acids is 1. The zero-order chi connectivity index (χ0) is 15.4. The van der Waals surface area contributed by atoms with E-state index in [2.05, 4.69) is 10.6 Å². The fourth-order valence-electron chi connectivity index (χ4n) is 2.52. The number of benzene rings is 2. The van der Waals surface area contributed by atoms with E-state index in [4.69, 9.17) is 4.65 Å². The summed E-state index contributed by atoms with van der Waals surface area (Å²) in [5.41, 5.74) is 2.72.